The molecular weight excluding hydrogens is 286 g/mol. The minimum absolute atomic E-state index is 0.144. The predicted molar refractivity (Wildman–Crippen MR) is 95.0 cm³/mol. The van der Waals surface area contributed by atoms with Crippen LogP contribution in [-0.2, 0) is 4.79 Å². The fourth-order valence-corrected chi connectivity index (χ4v) is 2.44. The molecule has 0 unspecified atom stereocenters. The average Bonchev–Trinajstić information content (AvgIpc) is 2.53. The maximum absolute atomic E-state index is 12.4. The number of para-hydroxylation sites is 1. The molecule has 1 amide bonds. The Morgan fingerprint density at radius 2 is 1.87 bits per heavy atom. The van der Waals surface area contributed by atoms with Crippen LogP contribution >= 0.6 is 0 Å². The van der Waals surface area contributed by atoms with E-state index in [0.717, 1.165) is 37.2 Å². The van der Waals surface area contributed by atoms with E-state index in [1.807, 2.05) is 35.2 Å². The molecule has 4 nitrogen and oxygen atoms in total. The number of anilines is 1. The summed E-state index contributed by atoms with van der Waals surface area (Å²) in [5.74, 6) is -0.0458. The van der Waals surface area contributed by atoms with Crippen LogP contribution in [0.4, 0.5) is 5.69 Å². The van der Waals surface area contributed by atoms with Gasteiger partial charge in [0.15, 0.2) is 0 Å². The third kappa shape index (κ3) is 5.78. The van der Waals surface area contributed by atoms with Gasteiger partial charge in [-0.1, -0.05) is 45.9 Å². The maximum atomic E-state index is 12.4. The van der Waals surface area contributed by atoms with Crippen LogP contribution in [0.2, 0.25) is 0 Å². The van der Waals surface area contributed by atoms with Crippen LogP contribution in [0.1, 0.15) is 52.0 Å². The van der Waals surface area contributed by atoms with Gasteiger partial charge >= 0.3 is 0 Å². The van der Waals surface area contributed by atoms with Crippen molar-refractivity contribution in [2.45, 2.75) is 46.5 Å². The number of rotatable bonds is 8. The van der Waals surface area contributed by atoms with Gasteiger partial charge < -0.3 is 10.2 Å². The molecule has 0 heterocycles. The fourth-order valence-electron chi connectivity index (χ4n) is 2.44. The molecule has 0 bridgehead atoms. The Labute approximate surface area is 139 Å². The molecule has 0 fully saturated rings. The summed E-state index contributed by atoms with van der Waals surface area (Å²) in [6, 6.07) is 9.74. The lowest BCUT2D eigenvalue weighted by Crippen LogP contribution is -2.23. The number of nitriles is 1. The molecule has 0 saturated carbocycles. The Morgan fingerprint density at radius 1 is 1.26 bits per heavy atom. The van der Waals surface area contributed by atoms with E-state index in [2.05, 4.69) is 33.0 Å². The molecule has 1 N–H and O–H groups in total. The lowest BCUT2D eigenvalue weighted by atomic mass is 10.0. The first-order chi connectivity index (χ1) is 11.0. The zero-order valence-electron chi connectivity index (χ0n) is 14.6. The zero-order valence-corrected chi connectivity index (χ0v) is 14.6. The minimum Gasteiger partial charge on any atom is -0.376 e. The molecule has 0 atom stereocenters. The zero-order chi connectivity index (χ0) is 17.2. The number of carbonyl (C=O) groups is 1. The van der Waals surface area contributed by atoms with E-state index in [9.17, 15) is 10.1 Å². The highest BCUT2D eigenvalue weighted by Gasteiger charge is 2.14. The fraction of sp³-hybridized carbons (Fsp3) is 0.474. The summed E-state index contributed by atoms with van der Waals surface area (Å²) in [6.07, 6.45) is 3.64. The lowest BCUT2D eigenvalue weighted by Gasteiger charge is -2.19. The number of benzene rings is 1. The largest absolute Gasteiger partial charge is 0.376 e. The molecule has 1 rings (SSSR count). The van der Waals surface area contributed by atoms with E-state index >= 15 is 0 Å². The van der Waals surface area contributed by atoms with Gasteiger partial charge in [-0.15, -0.1) is 0 Å². The van der Waals surface area contributed by atoms with Crippen LogP contribution in [0.5, 0.6) is 0 Å². The first-order valence-corrected chi connectivity index (χ1v) is 8.29. The van der Waals surface area contributed by atoms with E-state index < -0.39 is 0 Å². The van der Waals surface area contributed by atoms with Crippen molar-refractivity contribution in [3.05, 3.63) is 41.6 Å². The quantitative estimate of drug-likeness (QED) is 0.576. The number of nitrogens with one attached hydrogen (secondary N) is 1. The first kappa shape index (κ1) is 18.8. The molecule has 0 aliphatic rings. The maximum Gasteiger partial charge on any atom is 0.267 e. The van der Waals surface area contributed by atoms with Gasteiger partial charge in [0.05, 0.1) is 0 Å². The van der Waals surface area contributed by atoms with Crippen molar-refractivity contribution in [2.75, 3.05) is 18.4 Å². The van der Waals surface area contributed by atoms with Gasteiger partial charge in [-0.2, -0.15) is 5.26 Å². The number of hydrogen-bond acceptors (Lipinski definition) is 3. The summed E-state index contributed by atoms with van der Waals surface area (Å²) >= 11 is 0. The average molecular weight is 313 g/mol. The first-order valence-electron chi connectivity index (χ1n) is 8.29. The highest BCUT2D eigenvalue weighted by atomic mass is 16.1. The molecule has 0 aliphatic heterocycles. The second-order valence-electron chi connectivity index (χ2n) is 5.89. The van der Waals surface area contributed by atoms with Crippen molar-refractivity contribution in [3.63, 3.8) is 0 Å². The molecule has 1 aromatic carbocycles. The molecule has 0 aromatic heterocycles. The third-order valence-corrected chi connectivity index (χ3v) is 3.53. The van der Waals surface area contributed by atoms with Crippen LogP contribution in [0.25, 0.3) is 0 Å². The van der Waals surface area contributed by atoms with Gasteiger partial charge in [0.1, 0.15) is 11.6 Å². The van der Waals surface area contributed by atoms with E-state index in [1.165, 1.54) is 0 Å². The molecule has 23 heavy (non-hydrogen) atoms. The SMILES string of the molecule is CCCN(/C=C(/C#N)C(=O)Nc1ccccc1C(C)C)CCC. The summed E-state index contributed by atoms with van der Waals surface area (Å²) in [4.78, 5) is 14.5. The Bertz CT molecular complexity index is 579. The second-order valence-corrected chi connectivity index (χ2v) is 5.89. The standard InChI is InChI=1S/C19H27N3O/c1-5-11-22(12-6-2)14-16(13-20)19(23)21-18-10-8-7-9-17(18)15(3)4/h7-10,14-15H,5-6,11-12H2,1-4H3,(H,21,23)/b16-14-. The molecule has 1 aromatic rings. The highest BCUT2D eigenvalue weighted by Crippen LogP contribution is 2.24. The second kappa shape index (κ2) is 9.68. The number of hydrogen-bond donors (Lipinski definition) is 1. The predicted octanol–water partition coefficient (Wildman–Crippen LogP) is 4.28. The Hall–Kier alpha value is -2.28. The van der Waals surface area contributed by atoms with Gasteiger partial charge in [-0.05, 0) is 30.4 Å². The minimum atomic E-state index is -0.349. The Balaban J connectivity index is 2.96. The number of nitrogens with zero attached hydrogens (tertiary/aromatic N) is 2. The van der Waals surface area contributed by atoms with E-state index in [-0.39, 0.29) is 11.5 Å². The van der Waals surface area contributed by atoms with Crippen molar-refractivity contribution < 1.29 is 4.79 Å². The summed E-state index contributed by atoms with van der Waals surface area (Å²) in [5.41, 5.74) is 1.98. The molecular formula is C19H27N3O. The van der Waals surface area contributed by atoms with Gasteiger partial charge in [0.2, 0.25) is 0 Å². The molecule has 0 saturated heterocycles. The Kier molecular flexibility index (Phi) is 7.90. The van der Waals surface area contributed by atoms with Crippen LogP contribution in [0.3, 0.4) is 0 Å². The van der Waals surface area contributed by atoms with Crippen LogP contribution < -0.4 is 5.32 Å². The van der Waals surface area contributed by atoms with E-state index in [1.54, 1.807) is 6.20 Å². The number of carbonyl (C=O) groups excluding carboxylic acids is 1. The molecule has 0 spiro atoms. The smallest absolute Gasteiger partial charge is 0.267 e. The highest BCUT2D eigenvalue weighted by molar-refractivity contribution is 6.06. The summed E-state index contributed by atoms with van der Waals surface area (Å²) < 4.78 is 0. The van der Waals surface area contributed by atoms with Crippen LogP contribution in [-0.4, -0.2) is 23.9 Å². The van der Waals surface area contributed by atoms with Crippen molar-refractivity contribution in [1.29, 1.82) is 5.26 Å². The van der Waals surface area contributed by atoms with Crippen molar-refractivity contribution in [3.8, 4) is 6.07 Å². The molecule has 0 aliphatic carbocycles. The van der Waals surface area contributed by atoms with E-state index in [0.29, 0.717) is 5.92 Å². The topological polar surface area (TPSA) is 56.1 Å². The third-order valence-electron chi connectivity index (χ3n) is 3.53. The summed E-state index contributed by atoms with van der Waals surface area (Å²) in [7, 11) is 0. The lowest BCUT2D eigenvalue weighted by molar-refractivity contribution is -0.112. The monoisotopic (exact) mass is 313 g/mol. The van der Waals surface area contributed by atoms with Crippen molar-refractivity contribution >= 4 is 11.6 Å². The summed E-state index contributed by atoms with van der Waals surface area (Å²) in [5, 5.41) is 12.2. The van der Waals surface area contributed by atoms with Gasteiger partial charge in [-0.3, -0.25) is 4.79 Å². The number of amides is 1. The molecule has 124 valence electrons. The molecule has 0 radical (unpaired) electrons. The van der Waals surface area contributed by atoms with Crippen molar-refractivity contribution in [1.82, 2.24) is 4.90 Å². The summed E-state index contributed by atoms with van der Waals surface area (Å²) in [6.45, 7) is 10.0. The molecule has 4 heteroatoms. The van der Waals surface area contributed by atoms with Crippen molar-refractivity contribution in [2.24, 2.45) is 0 Å². The van der Waals surface area contributed by atoms with Gasteiger partial charge in [0.25, 0.3) is 5.91 Å². The van der Waals surface area contributed by atoms with E-state index in [4.69, 9.17) is 0 Å². The van der Waals surface area contributed by atoms with Crippen LogP contribution in [0.15, 0.2) is 36.0 Å². The van der Waals surface area contributed by atoms with Crippen LogP contribution in [0, 0.1) is 11.3 Å². The van der Waals surface area contributed by atoms with Gasteiger partial charge in [0, 0.05) is 25.0 Å². The normalized spacial score (nSPS) is 11.2. The Morgan fingerprint density at radius 3 is 2.39 bits per heavy atom. The van der Waals surface area contributed by atoms with Gasteiger partial charge in [-0.25, -0.2) is 0 Å².